The van der Waals surface area contributed by atoms with Crippen molar-refractivity contribution in [3.05, 3.63) is 0 Å². The third-order valence-electron chi connectivity index (χ3n) is 6.68. The van der Waals surface area contributed by atoms with E-state index in [1.54, 1.807) is 0 Å². The molecule has 0 amide bonds. The lowest BCUT2D eigenvalue weighted by Crippen LogP contribution is -2.54. The molecule has 2 heteroatoms. The summed E-state index contributed by atoms with van der Waals surface area (Å²) >= 11 is 0. The molecule has 0 heterocycles. The minimum Gasteiger partial charge on any atom is -0.381 e. The van der Waals surface area contributed by atoms with E-state index in [1.165, 1.54) is 44.9 Å². The maximum absolute atomic E-state index is 5.49. The molecule has 2 bridgehead atoms. The van der Waals surface area contributed by atoms with Gasteiger partial charge in [0.25, 0.3) is 0 Å². The first-order valence-corrected chi connectivity index (χ1v) is 8.24. The van der Waals surface area contributed by atoms with E-state index in [0.29, 0.717) is 16.9 Å². The Labute approximate surface area is 118 Å². The summed E-state index contributed by atoms with van der Waals surface area (Å²) in [6.45, 7) is 7.53. The summed E-state index contributed by atoms with van der Waals surface area (Å²) in [6, 6.07) is 1.45. The SMILES string of the molecule is COC1CCC(NC2C3(C)CCC(C3)C2(C)C)CC1. The van der Waals surface area contributed by atoms with Crippen molar-refractivity contribution in [3.63, 3.8) is 0 Å². The van der Waals surface area contributed by atoms with E-state index < -0.39 is 0 Å². The third kappa shape index (κ3) is 2.25. The Bertz CT molecular complexity index is 327. The van der Waals surface area contributed by atoms with Crippen molar-refractivity contribution in [3.8, 4) is 0 Å². The lowest BCUT2D eigenvalue weighted by molar-refractivity contribution is 0.0462. The summed E-state index contributed by atoms with van der Waals surface area (Å²) in [5.74, 6) is 0.949. The van der Waals surface area contributed by atoms with Gasteiger partial charge in [-0.25, -0.2) is 0 Å². The van der Waals surface area contributed by atoms with Gasteiger partial charge in [0.15, 0.2) is 0 Å². The van der Waals surface area contributed by atoms with Gasteiger partial charge in [-0.1, -0.05) is 20.8 Å². The highest BCUT2D eigenvalue weighted by Gasteiger charge is 2.59. The summed E-state index contributed by atoms with van der Waals surface area (Å²) in [5, 5.41) is 4.07. The highest BCUT2D eigenvalue weighted by molar-refractivity contribution is 5.12. The van der Waals surface area contributed by atoms with Gasteiger partial charge < -0.3 is 10.1 Å². The first-order valence-electron chi connectivity index (χ1n) is 8.24. The molecule has 3 rings (SSSR count). The topological polar surface area (TPSA) is 21.3 Å². The standard InChI is InChI=1S/C17H31NO/c1-16(2)12-9-10-17(3,11-12)15(16)18-13-5-7-14(19-4)8-6-13/h12-15,18H,5-11H2,1-4H3. The average molecular weight is 265 g/mol. The fraction of sp³-hybridized carbons (Fsp3) is 1.00. The molecule has 1 N–H and O–H groups in total. The Kier molecular flexibility index (Phi) is 3.46. The molecule has 0 saturated heterocycles. The van der Waals surface area contributed by atoms with Crippen molar-refractivity contribution >= 4 is 0 Å². The van der Waals surface area contributed by atoms with Crippen molar-refractivity contribution in [2.24, 2.45) is 16.7 Å². The normalized spacial score (nSPS) is 48.6. The monoisotopic (exact) mass is 265 g/mol. The summed E-state index contributed by atoms with van der Waals surface area (Å²) in [5.41, 5.74) is 1.05. The van der Waals surface area contributed by atoms with Crippen LogP contribution in [0.4, 0.5) is 0 Å². The second-order valence-corrected chi connectivity index (χ2v) is 8.22. The van der Waals surface area contributed by atoms with Crippen LogP contribution in [-0.4, -0.2) is 25.3 Å². The van der Waals surface area contributed by atoms with Gasteiger partial charge in [-0.15, -0.1) is 0 Å². The molecular weight excluding hydrogens is 234 g/mol. The van der Waals surface area contributed by atoms with Crippen LogP contribution in [0.3, 0.4) is 0 Å². The van der Waals surface area contributed by atoms with E-state index in [1.807, 2.05) is 7.11 Å². The van der Waals surface area contributed by atoms with Crippen LogP contribution in [-0.2, 0) is 4.74 Å². The van der Waals surface area contributed by atoms with Crippen molar-refractivity contribution in [1.29, 1.82) is 0 Å². The van der Waals surface area contributed by atoms with Gasteiger partial charge in [0.1, 0.15) is 0 Å². The van der Waals surface area contributed by atoms with E-state index in [2.05, 4.69) is 26.1 Å². The van der Waals surface area contributed by atoms with Gasteiger partial charge in [-0.3, -0.25) is 0 Å². The van der Waals surface area contributed by atoms with Crippen molar-refractivity contribution in [2.45, 2.75) is 83.9 Å². The van der Waals surface area contributed by atoms with Gasteiger partial charge >= 0.3 is 0 Å². The average Bonchev–Trinajstić information content (AvgIpc) is 2.87. The number of hydrogen-bond donors (Lipinski definition) is 1. The number of ether oxygens (including phenoxy) is 1. The van der Waals surface area contributed by atoms with Crippen molar-refractivity contribution in [1.82, 2.24) is 5.32 Å². The van der Waals surface area contributed by atoms with Gasteiger partial charge in [0, 0.05) is 19.2 Å². The van der Waals surface area contributed by atoms with Crippen molar-refractivity contribution < 1.29 is 4.74 Å². The van der Waals surface area contributed by atoms with E-state index >= 15 is 0 Å². The van der Waals surface area contributed by atoms with Crippen LogP contribution < -0.4 is 5.32 Å². The predicted molar refractivity (Wildman–Crippen MR) is 79.2 cm³/mol. The van der Waals surface area contributed by atoms with Crippen LogP contribution >= 0.6 is 0 Å². The number of fused-ring (bicyclic) bond motifs is 2. The fourth-order valence-electron chi connectivity index (χ4n) is 5.42. The highest BCUT2D eigenvalue weighted by atomic mass is 16.5. The summed E-state index contributed by atoms with van der Waals surface area (Å²) in [6.07, 6.45) is 9.93. The van der Waals surface area contributed by atoms with E-state index in [4.69, 9.17) is 4.74 Å². The molecule has 0 spiro atoms. The van der Waals surface area contributed by atoms with E-state index in [0.717, 1.165) is 18.0 Å². The van der Waals surface area contributed by atoms with Gasteiger partial charge in [0.2, 0.25) is 0 Å². The summed E-state index contributed by atoms with van der Waals surface area (Å²) < 4.78 is 5.49. The van der Waals surface area contributed by atoms with Crippen LogP contribution in [0.5, 0.6) is 0 Å². The molecule has 3 unspecified atom stereocenters. The van der Waals surface area contributed by atoms with E-state index in [-0.39, 0.29) is 0 Å². The lowest BCUT2D eigenvalue weighted by atomic mass is 9.68. The molecule has 0 aromatic heterocycles. The van der Waals surface area contributed by atoms with Gasteiger partial charge in [-0.05, 0) is 61.7 Å². The van der Waals surface area contributed by atoms with Crippen LogP contribution in [0.25, 0.3) is 0 Å². The molecule has 3 aliphatic carbocycles. The molecule has 0 aromatic carbocycles. The minimum absolute atomic E-state index is 0.491. The number of rotatable bonds is 3. The van der Waals surface area contributed by atoms with Crippen LogP contribution in [0.2, 0.25) is 0 Å². The third-order valence-corrected chi connectivity index (χ3v) is 6.68. The molecular formula is C17H31NO. The minimum atomic E-state index is 0.491. The molecule has 3 aliphatic rings. The fourth-order valence-corrected chi connectivity index (χ4v) is 5.42. The predicted octanol–water partition coefficient (Wildman–Crippen LogP) is 3.75. The zero-order valence-corrected chi connectivity index (χ0v) is 13.2. The quantitative estimate of drug-likeness (QED) is 0.839. The Balaban J connectivity index is 1.64. The molecule has 3 saturated carbocycles. The molecule has 3 fully saturated rings. The number of hydrogen-bond acceptors (Lipinski definition) is 2. The van der Waals surface area contributed by atoms with Gasteiger partial charge in [0.05, 0.1) is 6.10 Å². The molecule has 2 nitrogen and oxygen atoms in total. The zero-order chi connectivity index (χ0) is 13.7. The second kappa shape index (κ2) is 4.73. The zero-order valence-electron chi connectivity index (χ0n) is 13.2. The Morgan fingerprint density at radius 2 is 1.68 bits per heavy atom. The second-order valence-electron chi connectivity index (χ2n) is 8.22. The number of nitrogens with one attached hydrogen (secondary N) is 1. The first kappa shape index (κ1) is 13.9. The highest BCUT2D eigenvalue weighted by Crippen LogP contribution is 2.62. The molecule has 0 aromatic rings. The molecule has 0 radical (unpaired) electrons. The maximum Gasteiger partial charge on any atom is 0.0572 e. The Hall–Kier alpha value is -0.0800. The molecule has 110 valence electrons. The lowest BCUT2D eigenvalue weighted by Gasteiger charge is -2.46. The molecule has 0 aliphatic heterocycles. The Morgan fingerprint density at radius 3 is 2.21 bits per heavy atom. The van der Waals surface area contributed by atoms with Crippen LogP contribution in [0.1, 0.15) is 65.7 Å². The van der Waals surface area contributed by atoms with E-state index in [9.17, 15) is 0 Å². The van der Waals surface area contributed by atoms with Gasteiger partial charge in [-0.2, -0.15) is 0 Å². The van der Waals surface area contributed by atoms with Crippen LogP contribution in [0, 0.1) is 16.7 Å². The largest absolute Gasteiger partial charge is 0.381 e. The molecule has 19 heavy (non-hydrogen) atoms. The summed E-state index contributed by atoms with van der Waals surface area (Å²) in [7, 11) is 1.86. The van der Waals surface area contributed by atoms with Crippen LogP contribution in [0.15, 0.2) is 0 Å². The smallest absolute Gasteiger partial charge is 0.0572 e. The first-order chi connectivity index (χ1) is 8.95. The summed E-state index contributed by atoms with van der Waals surface area (Å²) in [4.78, 5) is 0. The maximum atomic E-state index is 5.49. The molecule has 3 atom stereocenters. The number of methoxy groups -OCH3 is 1. The van der Waals surface area contributed by atoms with Crippen molar-refractivity contribution in [2.75, 3.05) is 7.11 Å². The Morgan fingerprint density at radius 1 is 1.00 bits per heavy atom.